The van der Waals surface area contributed by atoms with Gasteiger partial charge in [0.1, 0.15) is 5.75 Å². The van der Waals surface area contributed by atoms with Crippen LogP contribution in [0.3, 0.4) is 0 Å². The smallest absolute Gasteiger partial charge is 0.251 e. The van der Waals surface area contributed by atoms with Crippen LogP contribution in [0.2, 0.25) is 0 Å². The number of ether oxygens (including phenoxy) is 1. The van der Waals surface area contributed by atoms with E-state index in [4.69, 9.17) is 4.74 Å². The van der Waals surface area contributed by atoms with Crippen molar-refractivity contribution in [2.24, 2.45) is 0 Å². The molecule has 0 aliphatic carbocycles. The van der Waals surface area contributed by atoms with E-state index in [9.17, 15) is 4.79 Å². The highest BCUT2D eigenvalue weighted by Gasteiger charge is 2.13. The highest BCUT2D eigenvalue weighted by atomic mass is 16.5. The zero-order valence-electron chi connectivity index (χ0n) is 18.9. The Morgan fingerprint density at radius 3 is 2.81 bits per heavy atom. The summed E-state index contributed by atoms with van der Waals surface area (Å²) in [7, 11) is 1.60. The Balaban J connectivity index is 1.39. The number of unbranched alkanes of at least 4 members (excludes halogenated alkanes) is 1. The predicted octanol–water partition coefficient (Wildman–Crippen LogP) is 4.30. The first kappa shape index (κ1) is 22.0. The second-order valence-electron chi connectivity index (χ2n) is 8.26. The van der Waals surface area contributed by atoms with Gasteiger partial charge in [0.2, 0.25) is 5.95 Å². The lowest BCUT2D eigenvalue weighted by molar-refractivity contribution is 0.0952. The van der Waals surface area contributed by atoms with E-state index in [0.717, 1.165) is 35.9 Å². The van der Waals surface area contributed by atoms with E-state index in [-0.39, 0.29) is 5.91 Å². The standard InChI is InChI=1S/C25H31N5O2/c1-18-8-7-9-20-17-27-25(29-23(18)20)28-21-16-19(10-11-22(21)32-2)24(31)26-12-3-4-13-30-14-5-6-15-30/h7-11,16-17H,3-6,12-15H2,1-2H3,(H,26,31)(H,27,28,29). The molecule has 0 radical (unpaired) electrons. The van der Waals surface area contributed by atoms with Gasteiger partial charge in [-0.15, -0.1) is 0 Å². The minimum atomic E-state index is -0.0906. The molecule has 2 N–H and O–H groups in total. The monoisotopic (exact) mass is 433 g/mol. The van der Waals surface area contributed by atoms with Crippen LogP contribution >= 0.6 is 0 Å². The van der Waals surface area contributed by atoms with Crippen molar-refractivity contribution in [3.8, 4) is 5.75 Å². The average molecular weight is 434 g/mol. The number of aryl methyl sites for hydroxylation is 1. The zero-order valence-corrected chi connectivity index (χ0v) is 18.9. The van der Waals surface area contributed by atoms with Crippen molar-refractivity contribution in [3.05, 3.63) is 53.7 Å². The van der Waals surface area contributed by atoms with Crippen molar-refractivity contribution in [1.82, 2.24) is 20.2 Å². The first-order chi connectivity index (χ1) is 15.6. The Morgan fingerprint density at radius 2 is 2.00 bits per heavy atom. The second kappa shape index (κ2) is 10.4. The number of benzene rings is 2. The number of carbonyl (C=O) groups is 1. The first-order valence-corrected chi connectivity index (χ1v) is 11.3. The topological polar surface area (TPSA) is 79.4 Å². The third kappa shape index (κ3) is 5.34. The van der Waals surface area contributed by atoms with Gasteiger partial charge in [0.25, 0.3) is 5.91 Å². The van der Waals surface area contributed by atoms with E-state index in [1.165, 1.54) is 25.9 Å². The summed E-state index contributed by atoms with van der Waals surface area (Å²) < 4.78 is 5.47. The second-order valence-corrected chi connectivity index (χ2v) is 8.26. The molecule has 1 saturated heterocycles. The normalized spacial score (nSPS) is 13.9. The number of nitrogens with one attached hydrogen (secondary N) is 2. The summed E-state index contributed by atoms with van der Waals surface area (Å²) in [6.45, 7) is 6.25. The fourth-order valence-electron chi connectivity index (χ4n) is 4.10. The minimum absolute atomic E-state index is 0.0906. The Bertz CT molecular complexity index is 1080. The Labute approximate surface area is 189 Å². The molecule has 1 aliphatic heterocycles. The molecule has 7 heteroatoms. The molecule has 168 valence electrons. The first-order valence-electron chi connectivity index (χ1n) is 11.3. The molecule has 0 atom stereocenters. The number of hydrogen-bond acceptors (Lipinski definition) is 6. The molecule has 32 heavy (non-hydrogen) atoms. The Kier molecular flexibility index (Phi) is 7.17. The average Bonchev–Trinajstić information content (AvgIpc) is 3.33. The molecule has 0 unspecified atom stereocenters. The summed E-state index contributed by atoms with van der Waals surface area (Å²) in [5.41, 5.74) is 3.21. The third-order valence-corrected chi connectivity index (χ3v) is 5.91. The van der Waals surface area contributed by atoms with Gasteiger partial charge in [-0.2, -0.15) is 0 Å². The maximum atomic E-state index is 12.7. The van der Waals surface area contributed by atoms with Crippen molar-refractivity contribution in [1.29, 1.82) is 0 Å². The fourth-order valence-corrected chi connectivity index (χ4v) is 4.10. The number of aromatic nitrogens is 2. The largest absolute Gasteiger partial charge is 0.495 e. The van der Waals surface area contributed by atoms with Crippen LogP contribution in [0.4, 0.5) is 11.6 Å². The molecular weight excluding hydrogens is 402 g/mol. The molecule has 0 bridgehead atoms. The number of carbonyl (C=O) groups excluding carboxylic acids is 1. The van der Waals surface area contributed by atoms with Gasteiger partial charge in [0, 0.05) is 23.7 Å². The Hall–Kier alpha value is -3.19. The lowest BCUT2D eigenvalue weighted by atomic mass is 10.1. The SMILES string of the molecule is COc1ccc(C(=O)NCCCCN2CCCC2)cc1Nc1ncc2cccc(C)c2n1. The lowest BCUT2D eigenvalue weighted by Crippen LogP contribution is -2.26. The fraction of sp³-hybridized carbons (Fsp3) is 0.400. The zero-order chi connectivity index (χ0) is 22.3. The number of para-hydroxylation sites is 1. The number of rotatable bonds is 9. The number of hydrogen-bond donors (Lipinski definition) is 2. The highest BCUT2D eigenvalue weighted by Crippen LogP contribution is 2.28. The van der Waals surface area contributed by atoms with Crippen LogP contribution in [0.1, 0.15) is 41.6 Å². The number of anilines is 2. The van der Waals surface area contributed by atoms with Gasteiger partial charge in [0.15, 0.2) is 0 Å². The summed E-state index contributed by atoms with van der Waals surface area (Å²) in [5.74, 6) is 0.998. The van der Waals surface area contributed by atoms with Gasteiger partial charge in [-0.25, -0.2) is 9.97 Å². The molecule has 1 aliphatic rings. The molecule has 3 aromatic rings. The molecular formula is C25H31N5O2. The van der Waals surface area contributed by atoms with Gasteiger partial charge in [-0.3, -0.25) is 4.79 Å². The van der Waals surface area contributed by atoms with Crippen molar-refractivity contribution in [2.45, 2.75) is 32.6 Å². The van der Waals surface area contributed by atoms with E-state index < -0.39 is 0 Å². The summed E-state index contributed by atoms with van der Waals surface area (Å²) in [5, 5.41) is 7.23. The van der Waals surface area contributed by atoms with Gasteiger partial charge in [0.05, 0.1) is 18.3 Å². The van der Waals surface area contributed by atoms with Crippen molar-refractivity contribution in [3.63, 3.8) is 0 Å². The van der Waals surface area contributed by atoms with Crippen LogP contribution in [0.15, 0.2) is 42.6 Å². The van der Waals surface area contributed by atoms with Crippen LogP contribution in [0, 0.1) is 6.92 Å². The summed E-state index contributed by atoms with van der Waals surface area (Å²) >= 11 is 0. The number of fused-ring (bicyclic) bond motifs is 1. The predicted molar refractivity (Wildman–Crippen MR) is 128 cm³/mol. The van der Waals surface area contributed by atoms with E-state index in [0.29, 0.717) is 29.5 Å². The van der Waals surface area contributed by atoms with Gasteiger partial charge in [-0.1, -0.05) is 18.2 Å². The summed E-state index contributed by atoms with van der Waals surface area (Å²) in [4.78, 5) is 24.2. The van der Waals surface area contributed by atoms with E-state index in [1.54, 1.807) is 31.5 Å². The highest BCUT2D eigenvalue weighted by molar-refractivity contribution is 5.95. The maximum absolute atomic E-state index is 12.7. The summed E-state index contributed by atoms with van der Waals surface area (Å²) in [6, 6.07) is 11.3. The molecule has 2 heterocycles. The Morgan fingerprint density at radius 1 is 1.16 bits per heavy atom. The minimum Gasteiger partial charge on any atom is -0.495 e. The lowest BCUT2D eigenvalue weighted by Gasteiger charge is -2.14. The number of nitrogens with zero attached hydrogens (tertiary/aromatic N) is 3. The maximum Gasteiger partial charge on any atom is 0.251 e. The van der Waals surface area contributed by atoms with E-state index >= 15 is 0 Å². The number of methoxy groups -OCH3 is 1. The summed E-state index contributed by atoms with van der Waals surface area (Å²) in [6.07, 6.45) is 6.51. The molecule has 1 aromatic heterocycles. The van der Waals surface area contributed by atoms with E-state index in [1.807, 2.05) is 25.1 Å². The third-order valence-electron chi connectivity index (χ3n) is 5.91. The molecule has 1 fully saturated rings. The van der Waals surface area contributed by atoms with Crippen molar-refractivity contribution >= 4 is 28.4 Å². The van der Waals surface area contributed by atoms with Gasteiger partial charge >= 0.3 is 0 Å². The van der Waals surface area contributed by atoms with Crippen LogP contribution in [-0.4, -0.2) is 54.1 Å². The van der Waals surface area contributed by atoms with Crippen LogP contribution in [0.5, 0.6) is 5.75 Å². The van der Waals surface area contributed by atoms with Gasteiger partial charge < -0.3 is 20.3 Å². The number of amides is 1. The molecule has 0 spiro atoms. The number of likely N-dealkylation sites (tertiary alicyclic amines) is 1. The van der Waals surface area contributed by atoms with Crippen LogP contribution in [-0.2, 0) is 0 Å². The molecule has 1 amide bonds. The van der Waals surface area contributed by atoms with Crippen molar-refractivity contribution in [2.75, 3.05) is 38.6 Å². The molecule has 4 rings (SSSR count). The van der Waals surface area contributed by atoms with Crippen LogP contribution in [0.25, 0.3) is 10.9 Å². The van der Waals surface area contributed by atoms with Crippen LogP contribution < -0.4 is 15.4 Å². The van der Waals surface area contributed by atoms with Gasteiger partial charge in [-0.05, 0) is 76.0 Å². The molecule has 2 aromatic carbocycles. The molecule has 0 saturated carbocycles. The van der Waals surface area contributed by atoms with E-state index in [2.05, 4.69) is 25.5 Å². The molecule has 7 nitrogen and oxygen atoms in total. The van der Waals surface area contributed by atoms with Crippen molar-refractivity contribution < 1.29 is 9.53 Å². The quantitative estimate of drug-likeness (QED) is 0.490.